The van der Waals surface area contributed by atoms with Gasteiger partial charge in [-0.25, -0.2) is 0 Å². The van der Waals surface area contributed by atoms with Gasteiger partial charge in [0.1, 0.15) is 11.5 Å². The highest BCUT2D eigenvalue weighted by molar-refractivity contribution is 5.92. The number of rotatable bonds is 4. The van der Waals surface area contributed by atoms with E-state index in [-0.39, 0.29) is 17.9 Å². The molecule has 26 heavy (non-hydrogen) atoms. The minimum atomic E-state index is -0.0869. The number of hydrogen-bond acceptors (Lipinski definition) is 5. The Labute approximate surface area is 153 Å². The van der Waals surface area contributed by atoms with E-state index >= 15 is 0 Å². The molecule has 0 aromatic carbocycles. The summed E-state index contributed by atoms with van der Waals surface area (Å²) in [6, 6.07) is 3.80. The maximum Gasteiger partial charge on any atom is 0.293 e. The lowest BCUT2D eigenvalue weighted by atomic mass is 9.87. The van der Waals surface area contributed by atoms with Crippen LogP contribution in [0.5, 0.6) is 0 Å². The smallest absolute Gasteiger partial charge is 0.293 e. The van der Waals surface area contributed by atoms with E-state index in [1.807, 2.05) is 17.0 Å². The van der Waals surface area contributed by atoms with Crippen LogP contribution >= 0.6 is 0 Å². The quantitative estimate of drug-likeness (QED) is 0.785. The number of likely N-dealkylation sites (tertiary alicyclic amines) is 1. The van der Waals surface area contributed by atoms with Crippen LogP contribution in [-0.2, 0) is 0 Å². The normalized spacial score (nSPS) is 21.7. The average molecular weight is 357 g/mol. The molecule has 1 atom stereocenters. The van der Waals surface area contributed by atoms with Gasteiger partial charge in [-0.1, -0.05) is 43.4 Å². The zero-order valence-electron chi connectivity index (χ0n) is 15.6. The first-order valence-corrected chi connectivity index (χ1v) is 9.87. The molecule has 2 fully saturated rings. The molecule has 0 spiro atoms. The number of aromatic nitrogens is 2. The van der Waals surface area contributed by atoms with Gasteiger partial charge < -0.3 is 13.9 Å². The minimum absolute atomic E-state index is 0.0398. The largest absolute Gasteiger partial charge is 0.361 e. The van der Waals surface area contributed by atoms with E-state index < -0.39 is 0 Å². The van der Waals surface area contributed by atoms with Crippen molar-refractivity contribution < 1.29 is 13.8 Å². The van der Waals surface area contributed by atoms with Crippen LogP contribution in [-0.4, -0.2) is 27.7 Å². The summed E-state index contributed by atoms with van der Waals surface area (Å²) in [5.74, 6) is 1.85. The molecule has 1 aliphatic heterocycles. The lowest BCUT2D eigenvalue weighted by Crippen LogP contribution is -2.30. The molecule has 0 bridgehead atoms. The summed E-state index contributed by atoms with van der Waals surface area (Å²) in [5, 5.41) is 8.41. The monoisotopic (exact) mass is 357 g/mol. The van der Waals surface area contributed by atoms with Crippen LogP contribution < -0.4 is 0 Å². The fraction of sp³-hybridized carbons (Fsp3) is 0.650. The molecule has 3 heterocycles. The average Bonchev–Trinajstić information content (AvgIpc) is 3.41. The lowest BCUT2D eigenvalue weighted by molar-refractivity contribution is 0.0688. The Morgan fingerprint density at radius 3 is 2.54 bits per heavy atom. The Bertz CT molecular complexity index is 758. The second-order valence-electron chi connectivity index (χ2n) is 7.92. The van der Waals surface area contributed by atoms with Crippen molar-refractivity contribution in [1.29, 1.82) is 0 Å². The lowest BCUT2D eigenvalue weighted by Gasteiger charge is -2.21. The Morgan fingerprint density at radius 1 is 1.04 bits per heavy atom. The molecule has 6 heteroatoms. The third kappa shape index (κ3) is 3.29. The van der Waals surface area contributed by atoms with Crippen LogP contribution in [0.2, 0.25) is 0 Å². The topological polar surface area (TPSA) is 72.4 Å². The summed E-state index contributed by atoms with van der Waals surface area (Å²) in [5.41, 5.74) is 1.78. The molecule has 2 aromatic heterocycles. The third-order valence-corrected chi connectivity index (χ3v) is 5.73. The van der Waals surface area contributed by atoms with E-state index in [4.69, 9.17) is 9.05 Å². The molecule has 4 rings (SSSR count). The van der Waals surface area contributed by atoms with E-state index in [0.29, 0.717) is 18.2 Å². The first kappa shape index (κ1) is 17.3. The Balaban J connectivity index is 1.50. The zero-order valence-corrected chi connectivity index (χ0v) is 15.6. The highest BCUT2D eigenvalue weighted by atomic mass is 16.5. The highest BCUT2D eigenvalue weighted by Gasteiger charge is 2.35. The predicted molar refractivity (Wildman–Crippen MR) is 95.9 cm³/mol. The maximum absolute atomic E-state index is 13.0. The first-order chi connectivity index (χ1) is 12.6. The van der Waals surface area contributed by atoms with Crippen LogP contribution in [0, 0.1) is 0 Å². The summed E-state index contributed by atoms with van der Waals surface area (Å²) >= 11 is 0. The Morgan fingerprint density at radius 2 is 1.81 bits per heavy atom. The Hall–Kier alpha value is -2.11. The van der Waals surface area contributed by atoms with Crippen molar-refractivity contribution in [2.45, 2.75) is 76.7 Å². The molecule has 6 nitrogen and oxygen atoms in total. The summed E-state index contributed by atoms with van der Waals surface area (Å²) < 4.78 is 10.9. The number of nitrogens with zero attached hydrogens (tertiary/aromatic N) is 3. The van der Waals surface area contributed by atoms with Crippen molar-refractivity contribution >= 4 is 5.91 Å². The molecule has 1 amide bonds. The standard InChI is InChI=1S/C20H27N3O3/c1-13(2)18-12-16(22-25-18)17-9-6-10-23(17)20(24)19-11-15(21-26-19)14-7-4-3-5-8-14/h11-14,17H,3-10H2,1-2H3. The van der Waals surface area contributed by atoms with Gasteiger partial charge in [-0.05, 0) is 25.7 Å². The predicted octanol–water partition coefficient (Wildman–Crippen LogP) is 4.81. The van der Waals surface area contributed by atoms with Crippen molar-refractivity contribution in [3.8, 4) is 0 Å². The van der Waals surface area contributed by atoms with Crippen molar-refractivity contribution in [1.82, 2.24) is 15.2 Å². The molecular weight excluding hydrogens is 330 g/mol. The van der Waals surface area contributed by atoms with E-state index in [2.05, 4.69) is 24.2 Å². The molecule has 1 unspecified atom stereocenters. The van der Waals surface area contributed by atoms with Crippen LogP contribution in [0.25, 0.3) is 0 Å². The van der Waals surface area contributed by atoms with Crippen molar-refractivity contribution in [2.24, 2.45) is 0 Å². The third-order valence-electron chi connectivity index (χ3n) is 5.73. The second kappa shape index (κ2) is 7.25. The van der Waals surface area contributed by atoms with Gasteiger partial charge in [-0.3, -0.25) is 4.79 Å². The number of amides is 1. The van der Waals surface area contributed by atoms with Gasteiger partial charge in [0.05, 0.1) is 11.7 Å². The van der Waals surface area contributed by atoms with Gasteiger partial charge >= 0.3 is 0 Å². The second-order valence-corrected chi connectivity index (χ2v) is 7.92. The molecular formula is C20H27N3O3. The molecule has 140 valence electrons. The van der Waals surface area contributed by atoms with Gasteiger partial charge in [0.15, 0.2) is 0 Å². The SMILES string of the molecule is CC(C)c1cc(C2CCCN2C(=O)c2cc(C3CCCCC3)no2)no1. The summed E-state index contributed by atoms with van der Waals surface area (Å²) in [4.78, 5) is 14.9. The molecule has 1 aliphatic carbocycles. The van der Waals surface area contributed by atoms with Crippen LogP contribution in [0.15, 0.2) is 21.2 Å². The summed E-state index contributed by atoms with van der Waals surface area (Å²) in [6.07, 6.45) is 7.92. The summed E-state index contributed by atoms with van der Waals surface area (Å²) in [7, 11) is 0. The van der Waals surface area contributed by atoms with E-state index in [1.165, 1.54) is 19.3 Å². The molecule has 1 saturated heterocycles. The molecule has 1 saturated carbocycles. The van der Waals surface area contributed by atoms with Gasteiger partial charge in [0.2, 0.25) is 5.76 Å². The van der Waals surface area contributed by atoms with Crippen LogP contribution in [0.3, 0.4) is 0 Å². The van der Waals surface area contributed by atoms with Crippen LogP contribution in [0.4, 0.5) is 0 Å². The molecule has 2 aromatic rings. The highest BCUT2D eigenvalue weighted by Crippen LogP contribution is 2.35. The van der Waals surface area contributed by atoms with Crippen molar-refractivity contribution in [2.75, 3.05) is 6.54 Å². The fourth-order valence-corrected chi connectivity index (χ4v) is 4.17. The van der Waals surface area contributed by atoms with E-state index in [0.717, 1.165) is 42.8 Å². The Kier molecular flexibility index (Phi) is 4.83. The van der Waals surface area contributed by atoms with Gasteiger partial charge in [0, 0.05) is 30.5 Å². The van der Waals surface area contributed by atoms with Gasteiger partial charge in [0.25, 0.3) is 5.91 Å². The van der Waals surface area contributed by atoms with E-state index in [1.54, 1.807) is 0 Å². The van der Waals surface area contributed by atoms with Crippen molar-refractivity contribution in [3.63, 3.8) is 0 Å². The fourth-order valence-electron chi connectivity index (χ4n) is 4.17. The van der Waals surface area contributed by atoms with E-state index in [9.17, 15) is 4.79 Å². The first-order valence-electron chi connectivity index (χ1n) is 9.87. The zero-order chi connectivity index (χ0) is 18.1. The summed E-state index contributed by atoms with van der Waals surface area (Å²) in [6.45, 7) is 4.86. The molecule has 0 radical (unpaired) electrons. The van der Waals surface area contributed by atoms with Crippen molar-refractivity contribution in [3.05, 3.63) is 35.0 Å². The minimum Gasteiger partial charge on any atom is -0.361 e. The number of carbonyl (C=O) groups excluding carboxylic acids is 1. The number of hydrogen-bond donors (Lipinski definition) is 0. The van der Waals surface area contributed by atoms with Gasteiger partial charge in [-0.15, -0.1) is 0 Å². The molecule has 0 N–H and O–H groups in total. The van der Waals surface area contributed by atoms with Crippen LogP contribution in [0.1, 0.15) is 104 Å². The molecule has 2 aliphatic rings. The number of carbonyl (C=O) groups is 1. The van der Waals surface area contributed by atoms with Gasteiger partial charge in [-0.2, -0.15) is 0 Å². The maximum atomic E-state index is 13.0.